The van der Waals surface area contributed by atoms with Crippen LogP contribution in [0.1, 0.15) is 6.92 Å². The molecule has 0 aromatic carbocycles. The Morgan fingerprint density at radius 3 is 2.39 bits per heavy atom. The summed E-state index contributed by atoms with van der Waals surface area (Å²) in [5.74, 6) is -1.94. The van der Waals surface area contributed by atoms with Crippen molar-refractivity contribution in [2.75, 3.05) is 12.0 Å². The number of sulfone groups is 1. The molecule has 8 heteroatoms. The lowest BCUT2D eigenvalue weighted by Crippen LogP contribution is -2.51. The molecule has 0 aliphatic heterocycles. The molecule has 0 bridgehead atoms. The highest BCUT2D eigenvalue weighted by atomic mass is 32.2. The Bertz CT molecular complexity index is 478. The number of nitriles is 1. The predicted molar refractivity (Wildman–Crippen MR) is 65.1 cm³/mol. The van der Waals surface area contributed by atoms with Gasteiger partial charge in [0.1, 0.15) is 21.9 Å². The number of nitrogens with zero attached hydrogens (tertiary/aromatic N) is 1. The van der Waals surface area contributed by atoms with Crippen molar-refractivity contribution in [2.45, 2.75) is 19.0 Å². The van der Waals surface area contributed by atoms with E-state index in [1.165, 1.54) is 6.92 Å². The van der Waals surface area contributed by atoms with Gasteiger partial charge >= 0.3 is 0 Å². The van der Waals surface area contributed by atoms with Gasteiger partial charge in [0.05, 0.1) is 11.8 Å². The van der Waals surface area contributed by atoms with E-state index in [0.717, 1.165) is 12.3 Å². The highest BCUT2D eigenvalue weighted by Crippen LogP contribution is 1.94. The molecule has 0 spiro atoms. The predicted octanol–water partition coefficient (Wildman–Crippen LogP) is -1.27. The van der Waals surface area contributed by atoms with Gasteiger partial charge in [-0.2, -0.15) is 5.26 Å². The summed E-state index contributed by atoms with van der Waals surface area (Å²) in [7, 11) is -3.46. The van der Waals surface area contributed by atoms with Crippen LogP contribution in [-0.4, -0.2) is 44.3 Å². The van der Waals surface area contributed by atoms with Crippen molar-refractivity contribution in [2.24, 2.45) is 0 Å². The average molecular weight is 273 g/mol. The molecule has 0 aliphatic rings. The summed E-state index contributed by atoms with van der Waals surface area (Å²) < 4.78 is 22.3. The number of rotatable bonds is 6. The smallest absolute Gasteiger partial charge is 0.244 e. The van der Waals surface area contributed by atoms with Gasteiger partial charge in [-0.3, -0.25) is 9.59 Å². The Balaban J connectivity index is 4.86. The zero-order valence-corrected chi connectivity index (χ0v) is 11.0. The molecule has 0 aromatic rings. The van der Waals surface area contributed by atoms with Crippen molar-refractivity contribution >= 4 is 21.7 Å². The summed E-state index contributed by atoms with van der Waals surface area (Å²) in [6.07, 6.45) is 1.87. The van der Waals surface area contributed by atoms with Crippen LogP contribution >= 0.6 is 0 Å². The number of hydrogen-bond acceptors (Lipinski definition) is 5. The number of nitrogens with one attached hydrogen (secondary N) is 2. The largest absolute Gasteiger partial charge is 0.340 e. The molecule has 0 rings (SSSR count). The van der Waals surface area contributed by atoms with Crippen LogP contribution in [-0.2, 0) is 19.4 Å². The van der Waals surface area contributed by atoms with E-state index in [2.05, 4.69) is 17.2 Å². The van der Waals surface area contributed by atoms with Gasteiger partial charge in [0, 0.05) is 6.26 Å². The first-order chi connectivity index (χ1) is 8.19. The van der Waals surface area contributed by atoms with Crippen molar-refractivity contribution in [1.82, 2.24) is 10.6 Å². The minimum absolute atomic E-state index is 0.545. The molecule has 2 unspecified atom stereocenters. The van der Waals surface area contributed by atoms with Crippen LogP contribution in [0.15, 0.2) is 12.7 Å². The second-order valence-electron chi connectivity index (χ2n) is 3.72. The minimum atomic E-state index is -3.46. The maximum Gasteiger partial charge on any atom is 0.244 e. The summed E-state index contributed by atoms with van der Waals surface area (Å²) in [5.41, 5.74) is 0. The number of hydrogen-bond donors (Lipinski definition) is 2. The van der Waals surface area contributed by atoms with Crippen LogP contribution < -0.4 is 10.6 Å². The SMILES string of the molecule is C=CC(=O)NC(CS(C)(=O)=O)C(=O)NC(C)C#N. The van der Waals surface area contributed by atoms with Crippen LogP contribution in [0.4, 0.5) is 0 Å². The van der Waals surface area contributed by atoms with Gasteiger partial charge in [-0.1, -0.05) is 6.58 Å². The average Bonchev–Trinajstić information content (AvgIpc) is 2.25. The van der Waals surface area contributed by atoms with Crippen molar-refractivity contribution < 1.29 is 18.0 Å². The van der Waals surface area contributed by atoms with Crippen molar-refractivity contribution in [3.05, 3.63) is 12.7 Å². The maximum atomic E-state index is 11.7. The first-order valence-corrected chi connectivity index (χ1v) is 7.06. The fraction of sp³-hybridized carbons (Fsp3) is 0.500. The monoisotopic (exact) mass is 273 g/mol. The molecule has 0 heterocycles. The lowest BCUT2D eigenvalue weighted by Gasteiger charge is -2.17. The molecule has 0 fully saturated rings. The third-order valence-corrected chi connectivity index (χ3v) is 2.78. The molecular weight excluding hydrogens is 258 g/mol. The number of carbonyl (C=O) groups excluding carboxylic acids is 2. The quantitative estimate of drug-likeness (QED) is 0.585. The summed E-state index contributed by atoms with van der Waals surface area (Å²) >= 11 is 0. The van der Waals surface area contributed by atoms with E-state index in [9.17, 15) is 18.0 Å². The normalized spacial score (nSPS) is 13.8. The van der Waals surface area contributed by atoms with E-state index in [4.69, 9.17) is 5.26 Å². The molecule has 100 valence electrons. The standard InChI is InChI=1S/C10H15N3O4S/c1-4-9(14)13-8(6-18(3,16)17)10(15)12-7(2)5-11/h4,7-8H,1,6H2,2-3H3,(H,12,15)(H,13,14). The fourth-order valence-electron chi connectivity index (χ4n) is 1.06. The van der Waals surface area contributed by atoms with Crippen molar-refractivity contribution in [3.63, 3.8) is 0 Å². The number of carbonyl (C=O) groups is 2. The van der Waals surface area contributed by atoms with Gasteiger partial charge in [0.2, 0.25) is 11.8 Å². The van der Waals surface area contributed by atoms with E-state index in [1.807, 2.05) is 0 Å². The zero-order chi connectivity index (χ0) is 14.3. The first kappa shape index (κ1) is 16.1. The molecular formula is C10H15N3O4S. The molecule has 2 amide bonds. The van der Waals surface area contributed by atoms with E-state index in [1.54, 1.807) is 6.07 Å². The molecule has 0 saturated heterocycles. The Kier molecular flexibility index (Phi) is 6.05. The topological polar surface area (TPSA) is 116 Å². The Labute approximate surface area is 106 Å². The Morgan fingerprint density at radius 1 is 1.44 bits per heavy atom. The van der Waals surface area contributed by atoms with Gasteiger partial charge < -0.3 is 10.6 Å². The Morgan fingerprint density at radius 2 is 2.00 bits per heavy atom. The Hall–Kier alpha value is -1.88. The molecule has 18 heavy (non-hydrogen) atoms. The van der Waals surface area contributed by atoms with Crippen LogP contribution in [0.3, 0.4) is 0 Å². The molecule has 0 radical (unpaired) electrons. The lowest BCUT2D eigenvalue weighted by molar-refractivity contribution is -0.126. The highest BCUT2D eigenvalue weighted by Gasteiger charge is 2.25. The minimum Gasteiger partial charge on any atom is -0.340 e. The van der Waals surface area contributed by atoms with Crippen molar-refractivity contribution in [3.8, 4) is 6.07 Å². The third-order valence-electron chi connectivity index (χ3n) is 1.84. The van der Waals surface area contributed by atoms with E-state index in [0.29, 0.717) is 0 Å². The molecule has 0 aromatic heterocycles. The van der Waals surface area contributed by atoms with Crippen LogP contribution in [0, 0.1) is 11.3 Å². The van der Waals surface area contributed by atoms with E-state index in [-0.39, 0.29) is 0 Å². The fourth-order valence-corrected chi connectivity index (χ4v) is 1.90. The van der Waals surface area contributed by atoms with Gasteiger partial charge in [-0.05, 0) is 13.0 Å². The van der Waals surface area contributed by atoms with Crippen molar-refractivity contribution in [1.29, 1.82) is 5.26 Å². The molecule has 2 N–H and O–H groups in total. The van der Waals surface area contributed by atoms with Gasteiger partial charge in [0.25, 0.3) is 0 Å². The lowest BCUT2D eigenvalue weighted by atomic mass is 10.2. The zero-order valence-electron chi connectivity index (χ0n) is 10.1. The van der Waals surface area contributed by atoms with Crippen LogP contribution in [0.25, 0.3) is 0 Å². The molecule has 2 atom stereocenters. The van der Waals surface area contributed by atoms with Crippen LogP contribution in [0.2, 0.25) is 0 Å². The summed E-state index contributed by atoms with van der Waals surface area (Å²) in [4.78, 5) is 22.8. The van der Waals surface area contributed by atoms with Gasteiger partial charge in [0.15, 0.2) is 0 Å². The van der Waals surface area contributed by atoms with E-state index < -0.39 is 39.5 Å². The maximum absolute atomic E-state index is 11.7. The first-order valence-electron chi connectivity index (χ1n) is 5.00. The summed E-state index contributed by atoms with van der Waals surface area (Å²) in [6, 6.07) is -0.260. The van der Waals surface area contributed by atoms with Gasteiger partial charge in [-0.15, -0.1) is 0 Å². The summed E-state index contributed by atoms with van der Waals surface area (Å²) in [5, 5.41) is 13.0. The van der Waals surface area contributed by atoms with E-state index >= 15 is 0 Å². The third kappa shape index (κ3) is 6.65. The van der Waals surface area contributed by atoms with Gasteiger partial charge in [-0.25, -0.2) is 8.42 Å². The second kappa shape index (κ2) is 6.76. The second-order valence-corrected chi connectivity index (χ2v) is 5.90. The molecule has 0 saturated carbocycles. The summed E-state index contributed by atoms with van der Waals surface area (Å²) in [6.45, 7) is 4.64. The molecule has 7 nitrogen and oxygen atoms in total. The molecule has 0 aliphatic carbocycles. The highest BCUT2D eigenvalue weighted by molar-refractivity contribution is 7.90. The van der Waals surface area contributed by atoms with Crippen LogP contribution in [0.5, 0.6) is 0 Å². The number of amides is 2.